The molecule has 0 saturated heterocycles. The molecule has 0 amide bonds. The number of hydrogen-bond acceptors (Lipinski definition) is 4. The molecule has 0 rings (SSSR count). The molecule has 208 valence electrons. The third-order valence-electron chi connectivity index (χ3n) is 6.16. The van der Waals surface area contributed by atoms with Crippen molar-refractivity contribution in [3.63, 3.8) is 0 Å². The van der Waals surface area contributed by atoms with Crippen molar-refractivity contribution in [2.75, 3.05) is 26.4 Å². The van der Waals surface area contributed by atoms with E-state index in [2.05, 4.69) is 13.8 Å². The van der Waals surface area contributed by atoms with Gasteiger partial charge in [0.25, 0.3) is 0 Å². The molecular weight excluding hydrogens is 424 g/mol. The summed E-state index contributed by atoms with van der Waals surface area (Å²) in [7, 11) is 0. The first kappa shape index (κ1) is 36.0. The summed E-state index contributed by atoms with van der Waals surface area (Å²) in [6, 6.07) is 0. The minimum atomic E-state index is -0.445. The molecule has 0 bridgehead atoms. The van der Waals surface area contributed by atoms with Gasteiger partial charge in [-0.3, -0.25) is 0 Å². The maximum absolute atomic E-state index is 8.69. The van der Waals surface area contributed by atoms with Crippen LogP contribution in [0.3, 0.4) is 0 Å². The molecular formula is C30H64O4. The second-order valence-corrected chi connectivity index (χ2v) is 10.2. The number of unbranched alkanes of at least 4 members (excludes halogenated alkanes) is 18. The summed E-state index contributed by atoms with van der Waals surface area (Å²) in [6.07, 6.45) is 27.5. The van der Waals surface area contributed by atoms with E-state index in [0.717, 1.165) is 13.2 Å². The standard InChI is InChI=1S/C24H50O.C6H14O3/c1-3-5-7-9-11-13-15-17-19-21-23-25-24-22-20-18-16-14-12-10-8-6-4-2;1-5(8)4-9-6(2)3-7/h3-24H2,1-2H3;5-8H,3-4H2,1-2H3. The molecule has 0 aromatic heterocycles. The van der Waals surface area contributed by atoms with Crippen LogP contribution in [0, 0.1) is 0 Å². The molecule has 0 fully saturated rings. The molecule has 4 nitrogen and oxygen atoms in total. The monoisotopic (exact) mass is 488 g/mol. The Morgan fingerprint density at radius 3 is 1.15 bits per heavy atom. The normalized spacial score (nSPS) is 12.9. The zero-order valence-corrected chi connectivity index (χ0v) is 23.8. The van der Waals surface area contributed by atoms with Crippen LogP contribution in [0.25, 0.3) is 0 Å². The Kier molecular flexibility index (Phi) is 34.8. The second-order valence-electron chi connectivity index (χ2n) is 10.2. The first-order chi connectivity index (χ1) is 16.6. The summed E-state index contributed by atoms with van der Waals surface area (Å²) in [6.45, 7) is 10.3. The van der Waals surface area contributed by atoms with E-state index in [1.54, 1.807) is 13.8 Å². The van der Waals surface area contributed by atoms with Gasteiger partial charge in [-0.1, -0.05) is 129 Å². The average molecular weight is 489 g/mol. The van der Waals surface area contributed by atoms with Crippen molar-refractivity contribution in [2.24, 2.45) is 0 Å². The van der Waals surface area contributed by atoms with Crippen molar-refractivity contribution in [3.8, 4) is 0 Å². The number of hydrogen-bond donors (Lipinski definition) is 2. The highest BCUT2D eigenvalue weighted by Gasteiger charge is 2.01. The van der Waals surface area contributed by atoms with Gasteiger partial charge in [0, 0.05) is 13.2 Å². The Hall–Kier alpha value is -0.160. The van der Waals surface area contributed by atoms with Gasteiger partial charge in [-0.2, -0.15) is 0 Å². The Labute approximate surface area is 214 Å². The highest BCUT2D eigenvalue weighted by molar-refractivity contribution is 4.50. The van der Waals surface area contributed by atoms with Crippen molar-refractivity contribution in [1.29, 1.82) is 0 Å². The van der Waals surface area contributed by atoms with Crippen LogP contribution in [0.2, 0.25) is 0 Å². The molecule has 0 spiro atoms. The predicted octanol–water partition coefficient (Wildman–Crippen LogP) is 8.61. The summed E-state index contributed by atoms with van der Waals surface area (Å²) >= 11 is 0. The first-order valence-electron chi connectivity index (χ1n) is 15.1. The van der Waals surface area contributed by atoms with Gasteiger partial charge < -0.3 is 19.7 Å². The van der Waals surface area contributed by atoms with Crippen molar-refractivity contribution in [1.82, 2.24) is 0 Å². The van der Waals surface area contributed by atoms with Gasteiger partial charge in [0.05, 0.1) is 25.4 Å². The molecule has 0 saturated carbocycles. The van der Waals surface area contributed by atoms with Gasteiger partial charge in [0.2, 0.25) is 0 Å². The molecule has 4 heteroatoms. The topological polar surface area (TPSA) is 58.9 Å². The average Bonchev–Trinajstić information content (AvgIpc) is 2.83. The number of aliphatic hydroxyl groups is 2. The number of aliphatic hydroxyl groups excluding tert-OH is 2. The maximum atomic E-state index is 8.69. The first-order valence-corrected chi connectivity index (χ1v) is 15.1. The van der Waals surface area contributed by atoms with Crippen LogP contribution in [0.4, 0.5) is 0 Å². The molecule has 2 N–H and O–H groups in total. The molecule has 0 heterocycles. The van der Waals surface area contributed by atoms with Crippen LogP contribution in [0.1, 0.15) is 156 Å². The van der Waals surface area contributed by atoms with E-state index in [-0.39, 0.29) is 12.7 Å². The Morgan fingerprint density at radius 1 is 0.529 bits per heavy atom. The quantitative estimate of drug-likeness (QED) is 0.120. The Morgan fingerprint density at radius 2 is 0.853 bits per heavy atom. The summed E-state index contributed by atoms with van der Waals surface area (Å²) < 4.78 is 10.7. The van der Waals surface area contributed by atoms with E-state index in [9.17, 15) is 0 Å². The minimum absolute atomic E-state index is 0.00667. The maximum Gasteiger partial charge on any atom is 0.0779 e. The molecule has 0 aromatic rings. The molecule has 2 unspecified atom stereocenters. The highest BCUT2D eigenvalue weighted by Crippen LogP contribution is 2.12. The summed E-state index contributed by atoms with van der Waals surface area (Å²) in [5, 5.41) is 17.1. The number of rotatable bonds is 26. The highest BCUT2D eigenvalue weighted by atomic mass is 16.5. The van der Waals surface area contributed by atoms with E-state index in [4.69, 9.17) is 19.7 Å². The van der Waals surface area contributed by atoms with E-state index in [1.165, 1.54) is 128 Å². The van der Waals surface area contributed by atoms with Gasteiger partial charge in [-0.25, -0.2) is 0 Å². The van der Waals surface area contributed by atoms with Crippen LogP contribution in [0.5, 0.6) is 0 Å². The van der Waals surface area contributed by atoms with E-state index >= 15 is 0 Å². The lowest BCUT2D eigenvalue weighted by atomic mass is 10.1. The lowest BCUT2D eigenvalue weighted by molar-refractivity contribution is -0.0177. The van der Waals surface area contributed by atoms with Crippen LogP contribution in [0.15, 0.2) is 0 Å². The third-order valence-corrected chi connectivity index (χ3v) is 6.16. The van der Waals surface area contributed by atoms with Crippen LogP contribution in [-0.4, -0.2) is 48.8 Å². The lowest BCUT2D eigenvalue weighted by Gasteiger charge is -2.10. The minimum Gasteiger partial charge on any atom is -0.394 e. The fourth-order valence-corrected chi connectivity index (χ4v) is 3.84. The smallest absolute Gasteiger partial charge is 0.0779 e. The van der Waals surface area contributed by atoms with Crippen molar-refractivity contribution in [3.05, 3.63) is 0 Å². The number of ether oxygens (including phenoxy) is 2. The molecule has 0 aliphatic carbocycles. The predicted molar refractivity (Wildman–Crippen MR) is 149 cm³/mol. The zero-order valence-electron chi connectivity index (χ0n) is 23.8. The van der Waals surface area contributed by atoms with Gasteiger partial charge >= 0.3 is 0 Å². The van der Waals surface area contributed by atoms with E-state index in [1.807, 2.05) is 0 Å². The fourth-order valence-electron chi connectivity index (χ4n) is 3.84. The van der Waals surface area contributed by atoms with Crippen LogP contribution >= 0.6 is 0 Å². The van der Waals surface area contributed by atoms with Crippen molar-refractivity contribution < 1.29 is 19.7 Å². The van der Waals surface area contributed by atoms with Gasteiger partial charge in [-0.05, 0) is 26.7 Å². The van der Waals surface area contributed by atoms with Crippen molar-refractivity contribution >= 4 is 0 Å². The molecule has 0 radical (unpaired) electrons. The molecule has 34 heavy (non-hydrogen) atoms. The third kappa shape index (κ3) is 36.4. The van der Waals surface area contributed by atoms with Gasteiger partial charge in [0.1, 0.15) is 0 Å². The zero-order chi connectivity index (χ0) is 25.5. The SMILES string of the molecule is CC(O)COC(C)CO.CCCCCCCCCCCCOCCCCCCCCCCCC. The summed E-state index contributed by atoms with van der Waals surface area (Å²) in [5.41, 5.74) is 0. The summed E-state index contributed by atoms with van der Waals surface area (Å²) in [5.74, 6) is 0. The van der Waals surface area contributed by atoms with Gasteiger partial charge in [0.15, 0.2) is 0 Å². The fraction of sp³-hybridized carbons (Fsp3) is 1.00. The van der Waals surface area contributed by atoms with Gasteiger partial charge in [-0.15, -0.1) is 0 Å². The molecule has 2 atom stereocenters. The van der Waals surface area contributed by atoms with Crippen LogP contribution in [-0.2, 0) is 9.47 Å². The molecule has 0 aromatic carbocycles. The Bertz CT molecular complexity index is 314. The van der Waals surface area contributed by atoms with Crippen LogP contribution < -0.4 is 0 Å². The molecule has 0 aliphatic heterocycles. The Balaban J connectivity index is 0. The van der Waals surface area contributed by atoms with E-state index < -0.39 is 6.10 Å². The van der Waals surface area contributed by atoms with Crippen molar-refractivity contribution in [2.45, 2.75) is 168 Å². The molecule has 0 aliphatic rings. The largest absolute Gasteiger partial charge is 0.394 e. The summed E-state index contributed by atoms with van der Waals surface area (Å²) in [4.78, 5) is 0. The lowest BCUT2D eigenvalue weighted by Crippen LogP contribution is -2.19. The van der Waals surface area contributed by atoms with E-state index in [0.29, 0.717) is 6.61 Å². The second kappa shape index (κ2) is 32.8.